The van der Waals surface area contributed by atoms with Gasteiger partial charge in [-0.3, -0.25) is 9.78 Å². The van der Waals surface area contributed by atoms with E-state index in [4.69, 9.17) is 0 Å². The van der Waals surface area contributed by atoms with Crippen LogP contribution in [0.5, 0.6) is 0 Å². The Hall–Kier alpha value is -2.16. The van der Waals surface area contributed by atoms with E-state index in [1.54, 1.807) is 0 Å². The van der Waals surface area contributed by atoms with Crippen molar-refractivity contribution in [3.05, 3.63) is 53.3 Å². The van der Waals surface area contributed by atoms with E-state index < -0.39 is 0 Å². The van der Waals surface area contributed by atoms with Gasteiger partial charge in [0, 0.05) is 29.6 Å². The molecule has 90 valence electrons. The molecule has 0 fully saturated rings. The maximum Gasteiger partial charge on any atom is 0.251 e. The lowest BCUT2D eigenvalue weighted by atomic mass is 9.98. The number of carbonyl (C=O) groups excluding carboxylic acids is 1. The van der Waals surface area contributed by atoms with Crippen molar-refractivity contribution in [3.63, 3.8) is 0 Å². The number of pyridine rings is 1. The fraction of sp³-hybridized carbons (Fsp3) is 0.200. The van der Waals surface area contributed by atoms with Crippen molar-refractivity contribution in [2.45, 2.75) is 19.9 Å². The SMILES string of the molecule is CCc1ncccc1-c1ccc2c(c1)CNC2=O. The van der Waals surface area contributed by atoms with Gasteiger partial charge in [0.2, 0.25) is 0 Å². The zero-order valence-electron chi connectivity index (χ0n) is 10.2. The molecule has 0 radical (unpaired) electrons. The zero-order valence-corrected chi connectivity index (χ0v) is 10.2. The summed E-state index contributed by atoms with van der Waals surface area (Å²) in [7, 11) is 0. The highest BCUT2D eigenvalue weighted by atomic mass is 16.1. The van der Waals surface area contributed by atoms with Crippen molar-refractivity contribution in [3.8, 4) is 11.1 Å². The molecule has 2 heterocycles. The standard InChI is InChI=1S/C15H14N2O/c1-2-14-12(4-3-7-16-14)10-5-6-13-11(8-10)9-17-15(13)18/h3-8H,2,9H2,1H3,(H,17,18). The molecular weight excluding hydrogens is 224 g/mol. The van der Waals surface area contributed by atoms with Gasteiger partial charge in [-0.1, -0.05) is 19.1 Å². The van der Waals surface area contributed by atoms with Crippen LogP contribution in [0, 0.1) is 0 Å². The predicted octanol–water partition coefficient (Wildman–Crippen LogP) is 2.55. The normalized spacial score (nSPS) is 13.3. The van der Waals surface area contributed by atoms with Crippen molar-refractivity contribution in [1.29, 1.82) is 0 Å². The molecule has 18 heavy (non-hydrogen) atoms. The van der Waals surface area contributed by atoms with Gasteiger partial charge in [-0.2, -0.15) is 0 Å². The zero-order chi connectivity index (χ0) is 12.5. The summed E-state index contributed by atoms with van der Waals surface area (Å²) in [6.07, 6.45) is 2.73. The Morgan fingerprint density at radius 1 is 1.28 bits per heavy atom. The van der Waals surface area contributed by atoms with Crippen molar-refractivity contribution in [1.82, 2.24) is 10.3 Å². The molecular formula is C15H14N2O. The number of nitrogens with one attached hydrogen (secondary N) is 1. The van der Waals surface area contributed by atoms with Gasteiger partial charge in [-0.05, 0) is 35.7 Å². The van der Waals surface area contributed by atoms with Crippen LogP contribution in [-0.2, 0) is 13.0 Å². The predicted molar refractivity (Wildman–Crippen MR) is 70.2 cm³/mol. The largest absolute Gasteiger partial charge is 0.348 e. The number of aromatic nitrogens is 1. The first-order chi connectivity index (χ1) is 8.79. The van der Waals surface area contributed by atoms with Crippen LogP contribution >= 0.6 is 0 Å². The van der Waals surface area contributed by atoms with Crippen LogP contribution < -0.4 is 5.32 Å². The summed E-state index contributed by atoms with van der Waals surface area (Å²) in [5.74, 6) is 0.0263. The molecule has 0 aliphatic carbocycles. The van der Waals surface area contributed by atoms with Gasteiger partial charge < -0.3 is 5.32 Å². The second-order valence-corrected chi connectivity index (χ2v) is 4.41. The number of benzene rings is 1. The summed E-state index contributed by atoms with van der Waals surface area (Å²) in [6.45, 7) is 2.73. The Morgan fingerprint density at radius 3 is 3.00 bits per heavy atom. The quantitative estimate of drug-likeness (QED) is 0.873. The number of fused-ring (bicyclic) bond motifs is 1. The Kier molecular flexibility index (Phi) is 2.59. The minimum atomic E-state index is 0.0263. The maximum atomic E-state index is 11.5. The summed E-state index contributed by atoms with van der Waals surface area (Å²) < 4.78 is 0. The molecule has 3 nitrogen and oxygen atoms in total. The highest BCUT2D eigenvalue weighted by Gasteiger charge is 2.19. The second kappa shape index (κ2) is 4.26. The molecule has 0 unspecified atom stereocenters. The molecule has 3 heteroatoms. The van der Waals surface area contributed by atoms with Gasteiger partial charge in [-0.15, -0.1) is 0 Å². The minimum Gasteiger partial charge on any atom is -0.348 e. The molecule has 2 aromatic rings. The Bertz CT molecular complexity index is 620. The van der Waals surface area contributed by atoms with E-state index in [-0.39, 0.29) is 5.91 Å². The molecule has 1 aliphatic rings. The highest BCUT2D eigenvalue weighted by Crippen LogP contribution is 2.26. The lowest BCUT2D eigenvalue weighted by Gasteiger charge is -2.08. The van der Waals surface area contributed by atoms with E-state index in [0.29, 0.717) is 6.54 Å². The number of aryl methyl sites for hydroxylation is 1. The van der Waals surface area contributed by atoms with E-state index in [1.807, 2.05) is 24.4 Å². The van der Waals surface area contributed by atoms with Crippen molar-refractivity contribution in [2.75, 3.05) is 0 Å². The first-order valence-electron chi connectivity index (χ1n) is 6.15. The van der Waals surface area contributed by atoms with E-state index in [9.17, 15) is 4.79 Å². The Balaban J connectivity index is 2.11. The van der Waals surface area contributed by atoms with Crippen LogP contribution in [-0.4, -0.2) is 10.9 Å². The number of rotatable bonds is 2. The van der Waals surface area contributed by atoms with E-state index in [2.05, 4.69) is 29.4 Å². The fourth-order valence-electron chi connectivity index (χ4n) is 2.38. The number of carbonyl (C=O) groups is 1. The van der Waals surface area contributed by atoms with Crippen LogP contribution in [0.1, 0.15) is 28.5 Å². The molecule has 3 rings (SSSR count). The monoisotopic (exact) mass is 238 g/mol. The third kappa shape index (κ3) is 1.68. The number of hydrogen-bond donors (Lipinski definition) is 1. The number of nitrogens with zero attached hydrogens (tertiary/aromatic N) is 1. The van der Waals surface area contributed by atoms with Gasteiger partial charge in [0.1, 0.15) is 0 Å². The summed E-state index contributed by atoms with van der Waals surface area (Å²) in [5, 5.41) is 2.84. The minimum absolute atomic E-state index is 0.0263. The molecule has 1 N–H and O–H groups in total. The first-order valence-corrected chi connectivity index (χ1v) is 6.15. The average molecular weight is 238 g/mol. The number of hydrogen-bond acceptors (Lipinski definition) is 2. The Morgan fingerprint density at radius 2 is 2.17 bits per heavy atom. The number of amides is 1. The smallest absolute Gasteiger partial charge is 0.251 e. The molecule has 1 aromatic heterocycles. The highest BCUT2D eigenvalue weighted by molar-refractivity contribution is 5.98. The third-order valence-corrected chi connectivity index (χ3v) is 3.33. The van der Waals surface area contributed by atoms with Crippen molar-refractivity contribution < 1.29 is 4.79 Å². The van der Waals surface area contributed by atoms with Crippen LogP contribution in [0.4, 0.5) is 0 Å². The van der Waals surface area contributed by atoms with Gasteiger partial charge in [0.05, 0.1) is 0 Å². The summed E-state index contributed by atoms with van der Waals surface area (Å²) in [4.78, 5) is 15.9. The lowest BCUT2D eigenvalue weighted by molar-refractivity contribution is 0.0966. The lowest BCUT2D eigenvalue weighted by Crippen LogP contribution is -2.12. The average Bonchev–Trinajstić information content (AvgIpc) is 2.80. The van der Waals surface area contributed by atoms with Crippen molar-refractivity contribution in [2.24, 2.45) is 0 Å². The van der Waals surface area contributed by atoms with Crippen molar-refractivity contribution >= 4 is 5.91 Å². The third-order valence-electron chi connectivity index (χ3n) is 3.33. The van der Waals surface area contributed by atoms with Gasteiger partial charge in [0.25, 0.3) is 5.91 Å². The van der Waals surface area contributed by atoms with E-state index >= 15 is 0 Å². The van der Waals surface area contributed by atoms with Crippen LogP contribution in [0.15, 0.2) is 36.5 Å². The molecule has 0 saturated heterocycles. The van der Waals surface area contributed by atoms with E-state index in [0.717, 1.165) is 34.4 Å². The van der Waals surface area contributed by atoms with Crippen LogP contribution in [0.3, 0.4) is 0 Å². The molecule has 1 aliphatic heterocycles. The Labute approximate surface area is 106 Å². The summed E-state index contributed by atoms with van der Waals surface area (Å²) >= 11 is 0. The molecule has 1 amide bonds. The molecule has 0 atom stereocenters. The summed E-state index contributed by atoms with van der Waals surface area (Å²) in [6, 6.07) is 10.0. The topological polar surface area (TPSA) is 42.0 Å². The van der Waals surface area contributed by atoms with Gasteiger partial charge >= 0.3 is 0 Å². The second-order valence-electron chi connectivity index (χ2n) is 4.41. The van der Waals surface area contributed by atoms with Gasteiger partial charge in [-0.25, -0.2) is 0 Å². The maximum absolute atomic E-state index is 11.5. The molecule has 1 aromatic carbocycles. The van der Waals surface area contributed by atoms with E-state index in [1.165, 1.54) is 0 Å². The first kappa shape index (κ1) is 11.0. The van der Waals surface area contributed by atoms with Gasteiger partial charge in [0.15, 0.2) is 0 Å². The van der Waals surface area contributed by atoms with Crippen LogP contribution in [0.2, 0.25) is 0 Å². The molecule has 0 spiro atoms. The molecule has 0 bridgehead atoms. The fourth-order valence-corrected chi connectivity index (χ4v) is 2.38. The molecule has 0 saturated carbocycles. The van der Waals surface area contributed by atoms with Crippen LogP contribution in [0.25, 0.3) is 11.1 Å². The summed E-state index contributed by atoms with van der Waals surface area (Å²) in [5.41, 5.74) is 5.25.